The third kappa shape index (κ3) is 5.14. The van der Waals surface area contributed by atoms with E-state index in [1.54, 1.807) is 6.92 Å². The first-order valence-electron chi connectivity index (χ1n) is 2.10. The largest absolute Gasteiger partial charge is 0.463 e. The van der Waals surface area contributed by atoms with Crippen LogP contribution in [0.1, 0.15) is 6.92 Å². The van der Waals surface area contributed by atoms with Crippen LogP contribution in [0.2, 0.25) is 0 Å². The summed E-state index contributed by atoms with van der Waals surface area (Å²) in [6, 6.07) is 0. The first-order chi connectivity index (χ1) is 3.31. The van der Waals surface area contributed by atoms with Gasteiger partial charge in [0.05, 0.1) is 6.61 Å². The van der Waals surface area contributed by atoms with Crippen molar-refractivity contribution in [1.82, 2.24) is 0 Å². The van der Waals surface area contributed by atoms with E-state index in [-0.39, 0.29) is 10.7 Å². The summed E-state index contributed by atoms with van der Waals surface area (Å²) in [7, 11) is 0. The van der Waals surface area contributed by atoms with Crippen molar-refractivity contribution in [2.24, 2.45) is 0 Å². The molecule has 0 aromatic heterocycles. The molecular formula is C5H9FO2. The summed E-state index contributed by atoms with van der Waals surface area (Å²) in [6.45, 7) is 5.38. The zero-order chi connectivity index (χ0) is 5.70. The molecule has 2 nitrogen and oxygen atoms in total. The Morgan fingerprint density at radius 2 is 2.38 bits per heavy atom. The van der Waals surface area contributed by atoms with E-state index in [1.807, 2.05) is 0 Å². The van der Waals surface area contributed by atoms with E-state index in [9.17, 15) is 4.79 Å². The van der Waals surface area contributed by atoms with Gasteiger partial charge in [0.25, 0.3) is 0 Å². The second kappa shape index (κ2) is 6.14. The van der Waals surface area contributed by atoms with Crippen molar-refractivity contribution in [3.05, 3.63) is 12.7 Å². The molecule has 0 atom stereocenters. The molecular weight excluding hydrogens is 111 g/mol. The highest BCUT2D eigenvalue weighted by Gasteiger charge is 1.86. The second-order valence-corrected chi connectivity index (χ2v) is 0.956. The number of esters is 1. The van der Waals surface area contributed by atoms with Crippen molar-refractivity contribution in [2.75, 3.05) is 6.61 Å². The Morgan fingerprint density at radius 3 is 2.50 bits per heavy atom. The molecule has 3 heteroatoms. The minimum atomic E-state index is -0.359. The van der Waals surface area contributed by atoms with E-state index in [2.05, 4.69) is 11.3 Å². The van der Waals surface area contributed by atoms with E-state index >= 15 is 0 Å². The molecule has 0 aromatic carbocycles. The zero-order valence-corrected chi connectivity index (χ0v) is 4.72. The number of halogens is 1. The lowest BCUT2D eigenvalue weighted by Crippen LogP contribution is -1.97. The zero-order valence-electron chi connectivity index (χ0n) is 4.72. The van der Waals surface area contributed by atoms with Crippen LogP contribution in [-0.4, -0.2) is 12.6 Å². The van der Waals surface area contributed by atoms with Gasteiger partial charge in [0.1, 0.15) is 0 Å². The van der Waals surface area contributed by atoms with Crippen LogP contribution in [0, 0.1) is 0 Å². The molecule has 0 aliphatic heterocycles. The van der Waals surface area contributed by atoms with E-state index in [0.29, 0.717) is 6.61 Å². The van der Waals surface area contributed by atoms with Crippen LogP contribution in [0.3, 0.4) is 0 Å². The number of hydrogen-bond donors (Lipinski definition) is 0. The molecule has 0 N–H and O–H groups in total. The Morgan fingerprint density at radius 1 is 1.88 bits per heavy atom. The molecule has 0 bridgehead atoms. The summed E-state index contributed by atoms with van der Waals surface area (Å²) in [6.07, 6.45) is 1.14. The Balaban J connectivity index is 0. The van der Waals surface area contributed by atoms with Gasteiger partial charge >= 0.3 is 5.97 Å². The fourth-order valence-corrected chi connectivity index (χ4v) is 0.201. The molecule has 0 rings (SSSR count). The van der Waals surface area contributed by atoms with Crippen LogP contribution >= 0.6 is 0 Å². The summed E-state index contributed by atoms with van der Waals surface area (Å²) in [5.41, 5.74) is 0. The normalized spacial score (nSPS) is 6.62. The van der Waals surface area contributed by atoms with Crippen molar-refractivity contribution in [3.8, 4) is 0 Å². The molecule has 0 amide bonds. The fraction of sp³-hybridized carbons (Fsp3) is 0.400. The lowest BCUT2D eigenvalue weighted by molar-refractivity contribution is -0.137. The van der Waals surface area contributed by atoms with Gasteiger partial charge in [0.2, 0.25) is 0 Å². The monoisotopic (exact) mass is 120 g/mol. The van der Waals surface area contributed by atoms with E-state index in [1.165, 1.54) is 0 Å². The van der Waals surface area contributed by atoms with Crippen molar-refractivity contribution >= 4 is 5.97 Å². The smallest absolute Gasteiger partial charge is 0.330 e. The van der Waals surface area contributed by atoms with Crippen molar-refractivity contribution in [3.63, 3.8) is 0 Å². The minimum absolute atomic E-state index is 0. The van der Waals surface area contributed by atoms with Gasteiger partial charge < -0.3 is 4.74 Å². The summed E-state index contributed by atoms with van der Waals surface area (Å²) >= 11 is 0. The van der Waals surface area contributed by atoms with Gasteiger partial charge in [-0.2, -0.15) is 0 Å². The Bertz CT molecular complexity index is 80.5. The third-order valence-corrected chi connectivity index (χ3v) is 0.453. The summed E-state index contributed by atoms with van der Waals surface area (Å²) in [4.78, 5) is 10.1. The maximum absolute atomic E-state index is 10.1. The predicted molar refractivity (Wildman–Crippen MR) is 29.3 cm³/mol. The van der Waals surface area contributed by atoms with Crippen LogP contribution in [-0.2, 0) is 9.53 Å². The maximum Gasteiger partial charge on any atom is 0.330 e. The molecule has 0 spiro atoms. The minimum Gasteiger partial charge on any atom is -0.463 e. The maximum atomic E-state index is 10.1. The van der Waals surface area contributed by atoms with Crippen LogP contribution < -0.4 is 0 Å². The molecule has 8 heavy (non-hydrogen) atoms. The molecule has 0 unspecified atom stereocenters. The number of ether oxygens (including phenoxy) is 1. The third-order valence-electron chi connectivity index (χ3n) is 0.453. The molecule has 0 saturated heterocycles. The molecule has 0 aromatic rings. The topological polar surface area (TPSA) is 26.3 Å². The first-order valence-corrected chi connectivity index (χ1v) is 2.10. The van der Waals surface area contributed by atoms with Gasteiger partial charge in [0.15, 0.2) is 0 Å². The van der Waals surface area contributed by atoms with Gasteiger partial charge in [-0.15, -0.1) is 0 Å². The van der Waals surface area contributed by atoms with E-state index < -0.39 is 0 Å². The summed E-state index contributed by atoms with van der Waals surface area (Å²) < 4.78 is 4.43. The van der Waals surface area contributed by atoms with Gasteiger partial charge in [-0.05, 0) is 6.92 Å². The highest BCUT2D eigenvalue weighted by Crippen LogP contribution is 1.74. The molecule has 48 valence electrons. The van der Waals surface area contributed by atoms with Crippen LogP contribution in [0.4, 0.5) is 4.70 Å². The quantitative estimate of drug-likeness (QED) is 0.399. The number of rotatable bonds is 2. The molecule has 0 aliphatic carbocycles. The van der Waals surface area contributed by atoms with E-state index in [4.69, 9.17) is 0 Å². The average Bonchev–Trinajstić information content (AvgIpc) is 1.68. The Hall–Kier alpha value is -0.860. The molecule has 0 aliphatic rings. The molecule has 0 fully saturated rings. The second-order valence-electron chi connectivity index (χ2n) is 0.956. The van der Waals surface area contributed by atoms with Crippen LogP contribution in [0.15, 0.2) is 12.7 Å². The molecule has 0 radical (unpaired) electrons. The summed E-state index contributed by atoms with van der Waals surface area (Å²) in [5.74, 6) is -0.359. The SMILES string of the molecule is C=CC(=O)OCC.F. The van der Waals surface area contributed by atoms with Crippen molar-refractivity contribution < 1.29 is 14.2 Å². The molecule has 0 heterocycles. The standard InChI is InChI=1S/C5H8O2.FH/c1-3-5(6)7-4-2;/h3H,1,4H2,2H3;1H. The number of hydrogen-bond acceptors (Lipinski definition) is 2. The van der Waals surface area contributed by atoms with E-state index in [0.717, 1.165) is 6.08 Å². The highest BCUT2D eigenvalue weighted by atomic mass is 19.0. The summed E-state index contributed by atoms with van der Waals surface area (Å²) in [5, 5.41) is 0. The van der Waals surface area contributed by atoms with Gasteiger partial charge in [-0.1, -0.05) is 6.58 Å². The molecule has 0 saturated carbocycles. The van der Waals surface area contributed by atoms with Gasteiger partial charge in [-0.25, -0.2) is 4.79 Å². The van der Waals surface area contributed by atoms with Gasteiger partial charge in [0, 0.05) is 6.08 Å². The van der Waals surface area contributed by atoms with Crippen molar-refractivity contribution in [2.45, 2.75) is 6.92 Å². The number of carbonyl (C=O) groups is 1. The lowest BCUT2D eigenvalue weighted by Gasteiger charge is -1.90. The average molecular weight is 120 g/mol. The Kier molecular flexibility index (Phi) is 7.82. The predicted octanol–water partition coefficient (Wildman–Crippen LogP) is 0.888. The van der Waals surface area contributed by atoms with Gasteiger partial charge in [-0.3, -0.25) is 4.70 Å². The Labute approximate surface area is 47.5 Å². The lowest BCUT2D eigenvalue weighted by atomic mass is 10.6. The van der Waals surface area contributed by atoms with Crippen molar-refractivity contribution in [1.29, 1.82) is 0 Å². The van der Waals surface area contributed by atoms with Crippen LogP contribution in [0.5, 0.6) is 0 Å². The fourth-order valence-electron chi connectivity index (χ4n) is 0.201. The first kappa shape index (κ1) is 10.2. The number of carbonyl (C=O) groups excluding carboxylic acids is 1. The highest BCUT2D eigenvalue weighted by molar-refractivity contribution is 5.81. The van der Waals surface area contributed by atoms with Crippen LogP contribution in [0.25, 0.3) is 0 Å².